The molecule has 6 nitrogen and oxygen atoms in total. The van der Waals surface area contributed by atoms with E-state index >= 15 is 0 Å². The van der Waals surface area contributed by atoms with Crippen molar-refractivity contribution in [2.24, 2.45) is 0 Å². The number of ether oxygens (including phenoxy) is 1. The molecule has 0 unspecified atom stereocenters. The number of anilines is 2. The largest absolute Gasteiger partial charge is 0.497 e. The van der Waals surface area contributed by atoms with Crippen LogP contribution in [0.25, 0.3) is 0 Å². The lowest BCUT2D eigenvalue weighted by atomic mass is 10.1. The Morgan fingerprint density at radius 1 is 0.857 bits per heavy atom. The molecule has 0 saturated heterocycles. The molecule has 3 aromatic carbocycles. The fourth-order valence-corrected chi connectivity index (χ4v) is 3.09. The van der Waals surface area contributed by atoms with Gasteiger partial charge in [0, 0.05) is 17.3 Å². The zero-order chi connectivity index (χ0) is 19.7. The highest BCUT2D eigenvalue weighted by Crippen LogP contribution is 2.28. The number of rotatable bonds is 4. The molecule has 0 atom stereocenters. The summed E-state index contributed by atoms with van der Waals surface area (Å²) >= 11 is 0. The number of nitrogens with one attached hydrogen (secondary N) is 1. The summed E-state index contributed by atoms with van der Waals surface area (Å²) in [7, 11) is 1.55. The van der Waals surface area contributed by atoms with Gasteiger partial charge in [-0.3, -0.25) is 14.4 Å². The summed E-state index contributed by atoms with van der Waals surface area (Å²) in [5.74, 6) is -0.399. The maximum Gasteiger partial charge on any atom is 0.266 e. The number of hydrogen-bond donors (Lipinski definition) is 1. The third kappa shape index (κ3) is 3.01. The van der Waals surface area contributed by atoms with Gasteiger partial charge >= 0.3 is 0 Å². The van der Waals surface area contributed by atoms with Crippen LogP contribution in [0.2, 0.25) is 0 Å². The van der Waals surface area contributed by atoms with Gasteiger partial charge in [-0.05, 0) is 48.5 Å². The summed E-state index contributed by atoms with van der Waals surface area (Å²) < 4.78 is 5.14. The van der Waals surface area contributed by atoms with Crippen molar-refractivity contribution in [3.05, 3.63) is 89.5 Å². The van der Waals surface area contributed by atoms with Gasteiger partial charge in [-0.2, -0.15) is 0 Å². The molecule has 0 radical (unpaired) electrons. The minimum Gasteiger partial charge on any atom is -0.497 e. The Hall–Kier alpha value is -3.93. The first-order chi connectivity index (χ1) is 13.6. The smallest absolute Gasteiger partial charge is 0.266 e. The second-order valence-electron chi connectivity index (χ2n) is 6.22. The average molecular weight is 372 g/mol. The summed E-state index contributed by atoms with van der Waals surface area (Å²) in [6, 6.07) is 20.1. The Bertz CT molecular complexity index is 1050. The van der Waals surface area contributed by atoms with Crippen LogP contribution in [0.3, 0.4) is 0 Å². The highest BCUT2D eigenvalue weighted by Gasteiger charge is 2.36. The molecule has 3 amide bonds. The Balaban J connectivity index is 1.54. The van der Waals surface area contributed by atoms with Crippen LogP contribution in [0.4, 0.5) is 11.4 Å². The molecule has 0 aromatic heterocycles. The summed E-state index contributed by atoms with van der Waals surface area (Å²) in [6.07, 6.45) is 0. The topological polar surface area (TPSA) is 75.7 Å². The number of hydrogen-bond acceptors (Lipinski definition) is 4. The summed E-state index contributed by atoms with van der Waals surface area (Å²) in [4.78, 5) is 38.7. The molecular weight excluding hydrogens is 356 g/mol. The molecular formula is C22H16N2O4. The molecule has 3 aromatic rings. The highest BCUT2D eigenvalue weighted by molar-refractivity contribution is 6.34. The van der Waals surface area contributed by atoms with Crippen LogP contribution < -0.4 is 15.0 Å². The predicted molar refractivity (Wildman–Crippen MR) is 105 cm³/mol. The number of fused-ring (bicyclic) bond motifs is 1. The van der Waals surface area contributed by atoms with Gasteiger partial charge in [-0.1, -0.05) is 18.2 Å². The van der Waals surface area contributed by atoms with Crippen LogP contribution in [-0.4, -0.2) is 24.8 Å². The molecule has 1 aliphatic heterocycles. The molecule has 1 heterocycles. The Kier molecular flexibility index (Phi) is 4.37. The Morgan fingerprint density at radius 2 is 1.50 bits per heavy atom. The molecule has 0 bridgehead atoms. The van der Waals surface area contributed by atoms with E-state index in [0.29, 0.717) is 33.8 Å². The van der Waals surface area contributed by atoms with Crippen LogP contribution >= 0.6 is 0 Å². The highest BCUT2D eigenvalue weighted by atomic mass is 16.5. The lowest BCUT2D eigenvalue weighted by Gasteiger charge is -2.14. The van der Waals surface area contributed by atoms with E-state index in [2.05, 4.69) is 5.32 Å². The normalized spacial score (nSPS) is 12.7. The van der Waals surface area contributed by atoms with Gasteiger partial charge in [0.15, 0.2) is 0 Å². The van der Waals surface area contributed by atoms with Gasteiger partial charge in [-0.15, -0.1) is 0 Å². The van der Waals surface area contributed by atoms with E-state index in [4.69, 9.17) is 4.74 Å². The summed E-state index contributed by atoms with van der Waals surface area (Å²) in [5, 5.41) is 2.79. The van der Waals surface area contributed by atoms with Crippen molar-refractivity contribution in [3.8, 4) is 5.75 Å². The van der Waals surface area contributed by atoms with Gasteiger partial charge in [0.05, 0.1) is 23.9 Å². The van der Waals surface area contributed by atoms with Gasteiger partial charge in [-0.25, -0.2) is 4.90 Å². The zero-order valence-corrected chi connectivity index (χ0v) is 15.0. The number of imide groups is 1. The summed E-state index contributed by atoms with van der Waals surface area (Å²) in [6.45, 7) is 0. The number of amides is 3. The molecule has 0 fully saturated rings. The quantitative estimate of drug-likeness (QED) is 0.708. The van der Waals surface area contributed by atoms with Crippen LogP contribution in [0.5, 0.6) is 5.75 Å². The van der Waals surface area contributed by atoms with Crippen molar-refractivity contribution < 1.29 is 19.1 Å². The lowest BCUT2D eigenvalue weighted by molar-refractivity contribution is 0.0925. The van der Waals surface area contributed by atoms with Gasteiger partial charge in [0.1, 0.15) is 5.75 Å². The predicted octanol–water partition coefficient (Wildman–Crippen LogP) is 3.75. The van der Waals surface area contributed by atoms with Crippen molar-refractivity contribution in [1.82, 2.24) is 0 Å². The number of carbonyl (C=O) groups excluding carboxylic acids is 3. The number of benzene rings is 3. The van der Waals surface area contributed by atoms with E-state index in [-0.39, 0.29) is 17.7 Å². The van der Waals surface area contributed by atoms with Crippen molar-refractivity contribution in [3.63, 3.8) is 0 Å². The third-order valence-electron chi connectivity index (χ3n) is 4.51. The van der Waals surface area contributed by atoms with E-state index in [1.807, 2.05) is 0 Å². The monoisotopic (exact) mass is 372 g/mol. The van der Waals surface area contributed by atoms with E-state index in [9.17, 15) is 14.4 Å². The van der Waals surface area contributed by atoms with Gasteiger partial charge < -0.3 is 10.1 Å². The number of carbonyl (C=O) groups is 3. The van der Waals surface area contributed by atoms with E-state index in [0.717, 1.165) is 4.90 Å². The number of nitrogens with zero attached hydrogens (tertiary/aromatic N) is 1. The molecule has 0 spiro atoms. The molecule has 138 valence electrons. The second kappa shape index (κ2) is 7.00. The maximum absolute atomic E-state index is 12.5. The fourth-order valence-electron chi connectivity index (χ4n) is 3.09. The molecule has 4 rings (SSSR count). The molecule has 1 aliphatic rings. The third-order valence-corrected chi connectivity index (χ3v) is 4.51. The number of methoxy groups -OCH3 is 1. The molecule has 1 N–H and O–H groups in total. The first-order valence-corrected chi connectivity index (χ1v) is 8.62. The first-order valence-electron chi connectivity index (χ1n) is 8.62. The Labute approximate surface area is 161 Å². The van der Waals surface area contributed by atoms with Crippen molar-refractivity contribution in [2.45, 2.75) is 0 Å². The molecule has 6 heteroatoms. The molecule has 28 heavy (non-hydrogen) atoms. The van der Waals surface area contributed by atoms with Crippen LogP contribution in [0.15, 0.2) is 72.8 Å². The van der Waals surface area contributed by atoms with E-state index < -0.39 is 0 Å². The average Bonchev–Trinajstić information content (AvgIpc) is 2.99. The zero-order valence-electron chi connectivity index (χ0n) is 15.0. The Morgan fingerprint density at radius 3 is 2.11 bits per heavy atom. The standard InChI is InChI=1S/C22H16N2O4/c1-28-17-6-4-5-15(13-17)23-20(25)14-9-11-16(12-10-14)24-21(26)18-7-2-3-8-19(18)22(24)27/h2-13H,1H3,(H,23,25). The minimum absolute atomic E-state index is 0.304. The van der Waals surface area contributed by atoms with Crippen molar-refractivity contribution in [1.29, 1.82) is 0 Å². The van der Waals surface area contributed by atoms with E-state index in [1.165, 1.54) is 0 Å². The summed E-state index contributed by atoms with van der Waals surface area (Å²) in [5.41, 5.74) is 2.20. The van der Waals surface area contributed by atoms with Gasteiger partial charge in [0.25, 0.3) is 17.7 Å². The second-order valence-corrected chi connectivity index (χ2v) is 6.22. The van der Waals surface area contributed by atoms with Crippen LogP contribution in [0, 0.1) is 0 Å². The van der Waals surface area contributed by atoms with Crippen LogP contribution in [-0.2, 0) is 0 Å². The molecule has 0 saturated carbocycles. The maximum atomic E-state index is 12.5. The molecule has 0 aliphatic carbocycles. The fraction of sp³-hybridized carbons (Fsp3) is 0.0455. The minimum atomic E-state index is -0.366. The SMILES string of the molecule is COc1cccc(NC(=O)c2ccc(N3C(=O)c4ccccc4C3=O)cc2)c1. The van der Waals surface area contributed by atoms with Gasteiger partial charge in [0.2, 0.25) is 0 Å². The van der Waals surface area contributed by atoms with Crippen molar-refractivity contribution in [2.75, 3.05) is 17.3 Å². The van der Waals surface area contributed by atoms with Crippen LogP contribution in [0.1, 0.15) is 31.1 Å². The lowest BCUT2D eigenvalue weighted by Crippen LogP contribution is -2.29. The van der Waals surface area contributed by atoms with E-state index in [1.54, 1.807) is 79.9 Å². The first kappa shape index (κ1) is 17.5. The van der Waals surface area contributed by atoms with Crippen molar-refractivity contribution >= 4 is 29.1 Å².